The molecule has 7 heteroatoms. The van der Waals surface area contributed by atoms with Crippen LogP contribution in [0, 0.1) is 0 Å². The molecule has 0 saturated carbocycles. The third-order valence-corrected chi connectivity index (χ3v) is 12.3. The highest BCUT2D eigenvalue weighted by Crippen LogP contribution is 2.39. The van der Waals surface area contributed by atoms with Gasteiger partial charge in [0.05, 0.1) is 11.0 Å². The van der Waals surface area contributed by atoms with Crippen molar-refractivity contribution in [1.29, 1.82) is 0 Å². The predicted molar refractivity (Wildman–Crippen MR) is 111 cm³/mol. The van der Waals surface area contributed by atoms with Gasteiger partial charge in [-0.15, -0.1) is 0 Å². The zero-order valence-electron chi connectivity index (χ0n) is 17.4. The monoisotopic (exact) mass is 411 g/mol. The summed E-state index contributed by atoms with van der Waals surface area (Å²) in [4.78, 5) is 14.9. The van der Waals surface area contributed by atoms with Crippen molar-refractivity contribution in [3.63, 3.8) is 0 Å². The number of benzene rings is 1. The molecule has 0 N–H and O–H groups in total. The standard InChI is InChI=1S/C20H33NO4SSi/c1-7-8-14-21-15-17(25-27(5,6)20(2,3)4)18(19(21)22)26(23,24)16-12-10-9-11-13-16/h9-13,17-18H,7-8,14-15H2,1-6H3/t17-,18+/m1/s1. The number of amides is 1. The minimum absolute atomic E-state index is 0.0616. The van der Waals surface area contributed by atoms with Gasteiger partial charge in [-0.1, -0.05) is 52.3 Å². The van der Waals surface area contributed by atoms with Crippen molar-refractivity contribution in [3.8, 4) is 0 Å². The lowest BCUT2D eigenvalue weighted by Crippen LogP contribution is -2.49. The molecule has 2 rings (SSSR count). The molecular formula is C20H33NO4SSi. The Balaban J connectivity index is 2.41. The van der Waals surface area contributed by atoms with E-state index in [0.29, 0.717) is 13.1 Å². The van der Waals surface area contributed by atoms with Crippen LogP contribution in [-0.2, 0) is 19.1 Å². The molecule has 0 aromatic heterocycles. The van der Waals surface area contributed by atoms with Gasteiger partial charge in [0.15, 0.2) is 23.4 Å². The highest BCUT2D eigenvalue weighted by Gasteiger charge is 2.52. The largest absolute Gasteiger partial charge is 0.410 e. The number of hydrogen-bond donors (Lipinski definition) is 0. The summed E-state index contributed by atoms with van der Waals surface area (Å²) in [6.45, 7) is 13.5. The van der Waals surface area contributed by atoms with E-state index < -0.39 is 29.5 Å². The number of carbonyl (C=O) groups is 1. The number of rotatable bonds is 7. The summed E-state index contributed by atoms with van der Waals surface area (Å²) in [6, 6.07) is 8.25. The van der Waals surface area contributed by atoms with Gasteiger partial charge in [-0.05, 0) is 36.7 Å². The molecule has 1 aliphatic rings. The van der Waals surface area contributed by atoms with Crippen molar-refractivity contribution in [3.05, 3.63) is 30.3 Å². The van der Waals surface area contributed by atoms with Crippen molar-refractivity contribution < 1.29 is 17.6 Å². The molecule has 5 nitrogen and oxygen atoms in total. The summed E-state index contributed by atoms with van der Waals surface area (Å²) in [5, 5.41) is -1.22. The normalized spacial score (nSPS) is 21.7. The van der Waals surface area contributed by atoms with E-state index in [9.17, 15) is 13.2 Å². The summed E-state index contributed by atoms with van der Waals surface area (Å²) < 4.78 is 33.1. The van der Waals surface area contributed by atoms with Crippen LogP contribution < -0.4 is 0 Å². The van der Waals surface area contributed by atoms with E-state index >= 15 is 0 Å². The van der Waals surface area contributed by atoms with Crippen LogP contribution in [-0.4, -0.2) is 52.0 Å². The number of unbranched alkanes of at least 4 members (excludes halogenated alkanes) is 1. The van der Waals surface area contributed by atoms with Crippen LogP contribution in [0.2, 0.25) is 18.1 Å². The lowest BCUT2D eigenvalue weighted by molar-refractivity contribution is -0.127. The number of likely N-dealkylation sites (tertiary alicyclic amines) is 1. The molecule has 0 spiro atoms. The predicted octanol–water partition coefficient (Wildman–Crippen LogP) is 3.86. The topological polar surface area (TPSA) is 63.7 Å². The third kappa shape index (κ3) is 4.63. The second-order valence-electron chi connectivity index (χ2n) is 8.83. The van der Waals surface area contributed by atoms with Gasteiger partial charge in [-0.25, -0.2) is 8.42 Å². The Hall–Kier alpha value is -1.18. The molecule has 0 bridgehead atoms. The molecule has 0 unspecified atom stereocenters. The zero-order chi connectivity index (χ0) is 20.5. The van der Waals surface area contributed by atoms with Crippen LogP contribution in [0.15, 0.2) is 35.2 Å². The Bertz CT molecular complexity index is 756. The molecule has 1 aliphatic heterocycles. The smallest absolute Gasteiger partial charge is 0.244 e. The van der Waals surface area contributed by atoms with Crippen molar-refractivity contribution >= 4 is 24.1 Å². The lowest BCUT2D eigenvalue weighted by atomic mass is 10.2. The van der Waals surface area contributed by atoms with Crippen molar-refractivity contribution in [1.82, 2.24) is 4.90 Å². The van der Waals surface area contributed by atoms with E-state index in [4.69, 9.17) is 4.43 Å². The van der Waals surface area contributed by atoms with Gasteiger partial charge in [0, 0.05) is 13.1 Å². The molecule has 1 aromatic rings. The van der Waals surface area contributed by atoms with Crippen LogP contribution in [0.25, 0.3) is 0 Å². The van der Waals surface area contributed by atoms with E-state index in [-0.39, 0.29) is 15.8 Å². The minimum Gasteiger partial charge on any atom is -0.410 e. The molecular weight excluding hydrogens is 378 g/mol. The molecule has 1 saturated heterocycles. The molecule has 152 valence electrons. The second kappa shape index (κ2) is 8.05. The maximum absolute atomic E-state index is 13.3. The fraction of sp³-hybridized carbons (Fsp3) is 0.650. The minimum atomic E-state index is -3.81. The molecule has 1 fully saturated rings. The van der Waals surface area contributed by atoms with Gasteiger partial charge in [0.25, 0.3) is 0 Å². The summed E-state index contributed by atoms with van der Waals surface area (Å²) >= 11 is 0. The molecule has 0 radical (unpaired) electrons. The zero-order valence-corrected chi connectivity index (χ0v) is 19.2. The highest BCUT2D eigenvalue weighted by atomic mass is 32.2. The first-order valence-electron chi connectivity index (χ1n) is 9.67. The van der Waals surface area contributed by atoms with Gasteiger partial charge in [-0.2, -0.15) is 0 Å². The average Bonchev–Trinajstić information content (AvgIpc) is 2.88. The van der Waals surface area contributed by atoms with E-state index in [2.05, 4.69) is 40.8 Å². The van der Waals surface area contributed by atoms with Gasteiger partial charge in [0.2, 0.25) is 5.91 Å². The van der Waals surface area contributed by atoms with Crippen LogP contribution in [0.1, 0.15) is 40.5 Å². The number of sulfone groups is 1. The fourth-order valence-electron chi connectivity index (χ4n) is 3.04. The summed E-state index contributed by atoms with van der Waals surface area (Å²) in [5.74, 6) is -0.323. The SMILES string of the molecule is CCCCN1C[C@@H](O[Si](C)(C)C(C)(C)C)[C@H](S(=O)(=O)c2ccccc2)C1=O. The molecule has 1 aromatic carbocycles. The van der Waals surface area contributed by atoms with Gasteiger partial charge in [0.1, 0.15) is 0 Å². The molecule has 2 atom stereocenters. The van der Waals surface area contributed by atoms with E-state index in [1.807, 2.05) is 0 Å². The summed E-state index contributed by atoms with van der Waals surface area (Å²) in [7, 11) is -6.03. The van der Waals surface area contributed by atoms with Gasteiger partial charge >= 0.3 is 0 Å². The van der Waals surface area contributed by atoms with Gasteiger partial charge in [-0.3, -0.25) is 4.79 Å². The Morgan fingerprint density at radius 2 is 1.78 bits per heavy atom. The maximum atomic E-state index is 13.3. The first-order valence-corrected chi connectivity index (χ1v) is 14.1. The third-order valence-electron chi connectivity index (χ3n) is 5.73. The van der Waals surface area contributed by atoms with E-state index in [1.165, 1.54) is 0 Å². The second-order valence-corrected chi connectivity index (χ2v) is 15.7. The van der Waals surface area contributed by atoms with E-state index in [0.717, 1.165) is 12.8 Å². The van der Waals surface area contributed by atoms with Gasteiger partial charge < -0.3 is 9.33 Å². The first kappa shape index (κ1) is 22.1. The highest BCUT2D eigenvalue weighted by molar-refractivity contribution is 7.93. The molecule has 27 heavy (non-hydrogen) atoms. The van der Waals surface area contributed by atoms with Crippen LogP contribution in [0.5, 0.6) is 0 Å². The molecule has 0 aliphatic carbocycles. The Morgan fingerprint density at radius 1 is 1.19 bits per heavy atom. The summed E-state index contributed by atoms with van der Waals surface area (Å²) in [5.41, 5.74) is 0. The lowest BCUT2D eigenvalue weighted by Gasteiger charge is -2.39. The number of hydrogen-bond acceptors (Lipinski definition) is 4. The molecule has 1 heterocycles. The van der Waals surface area contributed by atoms with Crippen molar-refractivity contribution in [2.75, 3.05) is 13.1 Å². The fourth-order valence-corrected chi connectivity index (χ4v) is 6.24. The summed E-state index contributed by atoms with van der Waals surface area (Å²) in [6.07, 6.45) is 1.19. The number of carbonyl (C=O) groups excluding carboxylic acids is 1. The van der Waals surface area contributed by atoms with Crippen molar-refractivity contribution in [2.45, 2.75) is 74.9 Å². The average molecular weight is 412 g/mol. The van der Waals surface area contributed by atoms with Crippen LogP contribution >= 0.6 is 0 Å². The van der Waals surface area contributed by atoms with Crippen LogP contribution in [0.3, 0.4) is 0 Å². The molecule has 1 amide bonds. The quantitative estimate of drug-likeness (QED) is 0.639. The first-order chi connectivity index (χ1) is 12.4. The Labute approximate surface area is 165 Å². The van der Waals surface area contributed by atoms with E-state index in [1.54, 1.807) is 35.2 Å². The maximum Gasteiger partial charge on any atom is 0.244 e. The van der Waals surface area contributed by atoms with Crippen LogP contribution in [0.4, 0.5) is 0 Å². The Kier molecular flexibility index (Phi) is 6.59. The Morgan fingerprint density at radius 3 is 2.30 bits per heavy atom. The van der Waals surface area contributed by atoms with Crippen molar-refractivity contribution in [2.24, 2.45) is 0 Å². The number of nitrogens with zero attached hydrogens (tertiary/aromatic N) is 1.